The summed E-state index contributed by atoms with van der Waals surface area (Å²) in [6, 6.07) is 7.13. The summed E-state index contributed by atoms with van der Waals surface area (Å²) in [7, 11) is 0. The molecule has 150 valence electrons. The lowest BCUT2D eigenvalue weighted by molar-refractivity contribution is -0.143. The van der Waals surface area contributed by atoms with Crippen molar-refractivity contribution < 1.29 is 9.53 Å². The van der Waals surface area contributed by atoms with Gasteiger partial charge in [0.1, 0.15) is 16.9 Å². The highest BCUT2D eigenvalue weighted by atomic mass is 35.5. The fourth-order valence-electron chi connectivity index (χ4n) is 3.51. The highest BCUT2D eigenvalue weighted by Crippen LogP contribution is 2.39. The fourth-order valence-corrected chi connectivity index (χ4v) is 4.85. The largest absolute Gasteiger partial charge is 0.466 e. The number of hydrogen-bond donors (Lipinski definition) is 0. The zero-order valence-electron chi connectivity index (χ0n) is 16.7. The number of rotatable bonds is 4. The third-order valence-electron chi connectivity index (χ3n) is 5.02. The van der Waals surface area contributed by atoms with Crippen molar-refractivity contribution in [1.82, 2.24) is 14.8 Å². The molecule has 4 rings (SSSR count). The summed E-state index contributed by atoms with van der Waals surface area (Å²) in [5.74, 6) is 1.12. The van der Waals surface area contributed by atoms with Crippen molar-refractivity contribution in [1.29, 1.82) is 0 Å². The van der Waals surface area contributed by atoms with E-state index in [0.717, 1.165) is 33.2 Å². The smallest absolute Gasteiger partial charge is 0.308 e. The van der Waals surface area contributed by atoms with E-state index in [1.807, 2.05) is 35.8 Å². The Kier molecular flexibility index (Phi) is 5.27. The van der Waals surface area contributed by atoms with Gasteiger partial charge in [-0.3, -0.25) is 14.4 Å². The number of carbonyl (C=O) groups excluding carboxylic acids is 1. The minimum absolute atomic E-state index is 0.107. The molecular weight excluding hydrogens is 408 g/mol. The Bertz CT molecular complexity index is 1110. The van der Waals surface area contributed by atoms with Crippen LogP contribution < -0.4 is 0 Å². The van der Waals surface area contributed by atoms with E-state index in [2.05, 4.69) is 24.0 Å². The summed E-state index contributed by atoms with van der Waals surface area (Å²) in [4.78, 5) is 18.5. The first kappa shape index (κ1) is 19.8. The van der Waals surface area contributed by atoms with E-state index < -0.39 is 6.04 Å². The first-order chi connectivity index (χ1) is 13.9. The predicted octanol–water partition coefficient (Wildman–Crippen LogP) is 4.75. The van der Waals surface area contributed by atoms with E-state index in [1.54, 1.807) is 18.3 Å². The second-order valence-electron chi connectivity index (χ2n) is 6.91. The van der Waals surface area contributed by atoms with Gasteiger partial charge in [0, 0.05) is 21.0 Å². The zero-order valence-corrected chi connectivity index (χ0v) is 18.3. The molecule has 8 heteroatoms. The molecule has 0 N–H and O–H groups in total. The maximum absolute atomic E-state index is 12.3. The number of halogens is 1. The Morgan fingerprint density at radius 3 is 2.62 bits per heavy atom. The zero-order chi connectivity index (χ0) is 20.7. The van der Waals surface area contributed by atoms with Crippen molar-refractivity contribution in [2.75, 3.05) is 6.61 Å². The number of aliphatic imine (C=N–C) groups is 1. The van der Waals surface area contributed by atoms with Gasteiger partial charge >= 0.3 is 5.97 Å². The Morgan fingerprint density at radius 2 is 1.93 bits per heavy atom. The quantitative estimate of drug-likeness (QED) is 0.562. The molecule has 3 heterocycles. The molecule has 0 spiro atoms. The summed E-state index contributed by atoms with van der Waals surface area (Å²) in [6.07, 6.45) is 0.107. The fraction of sp³-hybridized carbons (Fsp3) is 0.333. The van der Waals surface area contributed by atoms with Crippen LogP contribution in [0.15, 0.2) is 29.3 Å². The Labute approximate surface area is 178 Å². The van der Waals surface area contributed by atoms with Gasteiger partial charge in [0.2, 0.25) is 0 Å². The van der Waals surface area contributed by atoms with E-state index in [0.29, 0.717) is 17.5 Å². The number of nitrogens with zero attached hydrogens (tertiary/aromatic N) is 4. The molecule has 1 aliphatic heterocycles. The van der Waals surface area contributed by atoms with Gasteiger partial charge < -0.3 is 4.74 Å². The van der Waals surface area contributed by atoms with Crippen molar-refractivity contribution in [3.05, 3.63) is 62.5 Å². The molecule has 1 unspecified atom stereocenters. The second kappa shape index (κ2) is 7.72. The maximum atomic E-state index is 12.3. The van der Waals surface area contributed by atoms with Gasteiger partial charge in [-0.05, 0) is 45.4 Å². The minimum atomic E-state index is -0.486. The Balaban J connectivity index is 1.96. The highest BCUT2D eigenvalue weighted by molar-refractivity contribution is 7.15. The lowest BCUT2D eigenvalue weighted by Gasteiger charge is -2.12. The first-order valence-corrected chi connectivity index (χ1v) is 10.6. The third-order valence-corrected chi connectivity index (χ3v) is 6.47. The van der Waals surface area contributed by atoms with Crippen LogP contribution in [0.3, 0.4) is 0 Å². The Hall–Kier alpha value is -2.51. The van der Waals surface area contributed by atoms with Crippen molar-refractivity contribution in [2.24, 2.45) is 4.99 Å². The standard InChI is InChI=1S/C21H21ClN4O2S/c1-5-28-17(27)10-16-20-25-24-13(4)26(20)21-18(11(2)12(3)29-21)19(23-16)14-6-8-15(22)9-7-14/h6-9,16H,5,10H2,1-4H3. The van der Waals surface area contributed by atoms with Crippen LogP contribution in [-0.2, 0) is 9.53 Å². The molecule has 29 heavy (non-hydrogen) atoms. The maximum Gasteiger partial charge on any atom is 0.308 e. The average molecular weight is 429 g/mol. The summed E-state index contributed by atoms with van der Waals surface area (Å²) < 4.78 is 7.21. The average Bonchev–Trinajstić information content (AvgIpc) is 3.15. The van der Waals surface area contributed by atoms with Gasteiger partial charge in [-0.25, -0.2) is 0 Å². The van der Waals surface area contributed by atoms with E-state index in [4.69, 9.17) is 21.3 Å². The van der Waals surface area contributed by atoms with Crippen LogP contribution in [0, 0.1) is 20.8 Å². The number of esters is 1. The van der Waals surface area contributed by atoms with Crippen LogP contribution in [0.4, 0.5) is 0 Å². The number of thiophene rings is 1. The first-order valence-electron chi connectivity index (χ1n) is 9.42. The minimum Gasteiger partial charge on any atom is -0.466 e. The van der Waals surface area contributed by atoms with Crippen LogP contribution in [0.25, 0.3) is 5.00 Å². The SMILES string of the molecule is CCOC(=O)CC1N=C(c2ccc(Cl)cc2)c2c(sc(C)c2C)-n2c(C)nnc21. The van der Waals surface area contributed by atoms with Crippen molar-refractivity contribution in [2.45, 2.75) is 40.2 Å². The molecule has 1 aromatic carbocycles. The lowest BCUT2D eigenvalue weighted by atomic mass is 9.99. The molecule has 0 aliphatic carbocycles. The molecule has 1 aliphatic rings. The normalized spacial score (nSPS) is 15.3. The van der Waals surface area contributed by atoms with Crippen molar-refractivity contribution in [3.63, 3.8) is 0 Å². The van der Waals surface area contributed by atoms with E-state index in [9.17, 15) is 4.79 Å². The third kappa shape index (κ3) is 3.49. The van der Waals surface area contributed by atoms with Crippen LogP contribution >= 0.6 is 22.9 Å². The van der Waals surface area contributed by atoms with Crippen LogP contribution in [0.1, 0.15) is 52.6 Å². The molecular formula is C21H21ClN4O2S. The van der Waals surface area contributed by atoms with Crippen molar-refractivity contribution in [3.8, 4) is 5.00 Å². The lowest BCUT2D eigenvalue weighted by Crippen LogP contribution is -2.13. The molecule has 3 aromatic rings. The van der Waals surface area contributed by atoms with E-state index in [1.165, 1.54) is 4.88 Å². The second-order valence-corrected chi connectivity index (χ2v) is 8.55. The van der Waals surface area contributed by atoms with Crippen molar-refractivity contribution >= 4 is 34.6 Å². The molecule has 1 atom stereocenters. The molecule has 0 radical (unpaired) electrons. The Morgan fingerprint density at radius 1 is 1.21 bits per heavy atom. The highest BCUT2D eigenvalue weighted by Gasteiger charge is 2.32. The summed E-state index contributed by atoms with van der Waals surface area (Å²) in [5, 5.41) is 10.3. The molecule has 0 amide bonds. The number of aromatic nitrogens is 3. The monoisotopic (exact) mass is 428 g/mol. The van der Waals surface area contributed by atoms with Gasteiger partial charge in [-0.15, -0.1) is 21.5 Å². The van der Waals surface area contributed by atoms with Crippen LogP contribution in [0.2, 0.25) is 5.02 Å². The molecule has 0 bridgehead atoms. The summed E-state index contributed by atoms with van der Waals surface area (Å²) in [5.41, 5.74) is 3.99. The summed E-state index contributed by atoms with van der Waals surface area (Å²) >= 11 is 7.79. The van der Waals surface area contributed by atoms with E-state index >= 15 is 0 Å². The van der Waals surface area contributed by atoms with E-state index in [-0.39, 0.29) is 12.4 Å². The molecule has 6 nitrogen and oxygen atoms in total. The number of ether oxygens (including phenoxy) is 1. The molecule has 0 saturated heterocycles. The topological polar surface area (TPSA) is 69.4 Å². The number of aryl methyl sites for hydroxylation is 2. The molecule has 0 saturated carbocycles. The predicted molar refractivity (Wildman–Crippen MR) is 115 cm³/mol. The van der Waals surface area contributed by atoms with Gasteiger partial charge in [0.25, 0.3) is 0 Å². The number of hydrogen-bond acceptors (Lipinski definition) is 6. The number of carbonyl (C=O) groups is 1. The van der Waals surface area contributed by atoms with Gasteiger partial charge in [-0.1, -0.05) is 23.7 Å². The van der Waals surface area contributed by atoms with Gasteiger partial charge in [0.05, 0.1) is 18.7 Å². The number of benzene rings is 1. The van der Waals surface area contributed by atoms with Crippen LogP contribution in [0.5, 0.6) is 0 Å². The summed E-state index contributed by atoms with van der Waals surface area (Å²) in [6.45, 7) is 8.24. The van der Waals surface area contributed by atoms with Crippen LogP contribution in [-0.4, -0.2) is 33.1 Å². The molecule has 0 fully saturated rings. The molecule has 2 aromatic heterocycles. The van der Waals surface area contributed by atoms with Gasteiger partial charge in [0.15, 0.2) is 5.82 Å². The van der Waals surface area contributed by atoms with Gasteiger partial charge in [-0.2, -0.15) is 0 Å². The number of fused-ring (bicyclic) bond motifs is 3.